The summed E-state index contributed by atoms with van der Waals surface area (Å²) in [5.74, 6) is 0.610. The van der Waals surface area contributed by atoms with Gasteiger partial charge in [-0.25, -0.2) is 8.78 Å². The van der Waals surface area contributed by atoms with Crippen LogP contribution in [0.3, 0.4) is 0 Å². The Morgan fingerprint density at radius 1 is 0.963 bits per heavy atom. The van der Waals surface area contributed by atoms with E-state index in [-0.39, 0.29) is 29.4 Å². The van der Waals surface area contributed by atoms with Crippen molar-refractivity contribution in [1.29, 1.82) is 0 Å². The molecule has 0 radical (unpaired) electrons. The molecule has 3 fully saturated rings. The molecule has 4 rings (SSSR count). The van der Waals surface area contributed by atoms with Crippen molar-refractivity contribution in [1.82, 2.24) is 0 Å². The third-order valence-corrected chi connectivity index (χ3v) is 8.99. The Labute approximate surface area is 161 Å². The predicted molar refractivity (Wildman–Crippen MR) is 95.9 cm³/mol. The number of fused-ring (bicyclic) bond motifs is 3. The molecule has 0 aromatic rings. The molecule has 9 unspecified atom stereocenters. The van der Waals surface area contributed by atoms with Crippen LogP contribution in [0.15, 0.2) is 11.6 Å². The molecule has 2 saturated carbocycles. The predicted octanol–water partition coefficient (Wildman–Crippen LogP) is 6.23. The molecular weight excluding hydrogens is 383 g/mol. The second-order valence-electron chi connectivity index (χ2n) is 8.80. The second kappa shape index (κ2) is 7.51. The lowest BCUT2D eigenvalue weighted by Crippen LogP contribution is -2.45. The van der Waals surface area contributed by atoms with Gasteiger partial charge >= 0.3 is 6.36 Å². The average Bonchev–Trinajstić information content (AvgIpc) is 2.98. The normalized spacial score (nSPS) is 47.9. The lowest BCUT2D eigenvalue weighted by molar-refractivity contribution is -0.351. The molecule has 1 heterocycles. The van der Waals surface area contributed by atoms with Gasteiger partial charge in [0, 0.05) is 16.4 Å². The summed E-state index contributed by atoms with van der Waals surface area (Å²) in [5, 5.41) is -0.861. The van der Waals surface area contributed by atoms with Crippen LogP contribution in [-0.2, 0) is 4.74 Å². The standard InChI is InChI=1S/C20H27F5OS/c1-10-2-4-11(5-3-10)12-6-7-13-14-8-9-15(26-20(23,24)25)17(22)19(14)27-18(13)16(12)21/h4,10,12-19H,2-3,5-9H2,1H3. The summed E-state index contributed by atoms with van der Waals surface area (Å²) in [4.78, 5) is 0. The lowest BCUT2D eigenvalue weighted by Gasteiger charge is -2.40. The van der Waals surface area contributed by atoms with Crippen LogP contribution in [0.4, 0.5) is 22.0 Å². The van der Waals surface area contributed by atoms with Gasteiger partial charge < -0.3 is 0 Å². The SMILES string of the molecule is CC1CC=C(C2CCC3C4CCC(OC(F)(F)F)C(F)C4SC3C2F)CC1. The molecule has 27 heavy (non-hydrogen) atoms. The maximum atomic E-state index is 15.4. The van der Waals surface area contributed by atoms with Crippen molar-refractivity contribution in [2.45, 2.75) is 87.2 Å². The van der Waals surface area contributed by atoms with E-state index >= 15 is 4.39 Å². The maximum absolute atomic E-state index is 15.4. The van der Waals surface area contributed by atoms with Crippen molar-refractivity contribution in [3.05, 3.63) is 11.6 Å². The number of halogens is 5. The summed E-state index contributed by atoms with van der Waals surface area (Å²) in [6.07, 6.45) is -1.55. The largest absolute Gasteiger partial charge is 0.522 e. The van der Waals surface area contributed by atoms with Crippen LogP contribution in [0.25, 0.3) is 0 Å². The number of allylic oxidation sites excluding steroid dienone is 2. The molecule has 1 nitrogen and oxygen atoms in total. The van der Waals surface area contributed by atoms with Crippen molar-refractivity contribution in [2.75, 3.05) is 0 Å². The number of hydrogen-bond donors (Lipinski definition) is 0. The Kier molecular flexibility index (Phi) is 5.56. The third kappa shape index (κ3) is 3.92. The Morgan fingerprint density at radius 3 is 2.26 bits per heavy atom. The minimum Gasteiger partial charge on any atom is -0.285 e. The number of hydrogen-bond acceptors (Lipinski definition) is 2. The van der Waals surface area contributed by atoms with E-state index in [4.69, 9.17) is 0 Å². The Hall–Kier alpha value is -0.300. The molecule has 7 heteroatoms. The van der Waals surface area contributed by atoms with Crippen LogP contribution in [0, 0.1) is 23.7 Å². The van der Waals surface area contributed by atoms with E-state index in [9.17, 15) is 17.6 Å². The van der Waals surface area contributed by atoms with Crippen LogP contribution in [-0.4, -0.2) is 35.3 Å². The van der Waals surface area contributed by atoms with Gasteiger partial charge in [-0.15, -0.1) is 24.9 Å². The highest BCUT2D eigenvalue weighted by Crippen LogP contribution is 2.58. The third-order valence-electron chi connectivity index (χ3n) is 7.14. The Morgan fingerprint density at radius 2 is 1.63 bits per heavy atom. The van der Waals surface area contributed by atoms with Gasteiger partial charge in [-0.3, -0.25) is 4.74 Å². The fourth-order valence-electron chi connectivity index (χ4n) is 5.75. The van der Waals surface area contributed by atoms with E-state index in [2.05, 4.69) is 17.7 Å². The molecule has 0 amide bonds. The van der Waals surface area contributed by atoms with Gasteiger partial charge in [0.05, 0.1) is 6.10 Å². The summed E-state index contributed by atoms with van der Waals surface area (Å²) >= 11 is 1.27. The summed E-state index contributed by atoms with van der Waals surface area (Å²) < 4.78 is 71.9. The quantitative estimate of drug-likeness (QED) is 0.394. The number of ether oxygens (including phenoxy) is 1. The molecule has 0 bridgehead atoms. The van der Waals surface area contributed by atoms with Crippen molar-refractivity contribution < 1.29 is 26.7 Å². The Bertz CT molecular complexity index is 579. The summed E-state index contributed by atoms with van der Waals surface area (Å²) in [6, 6.07) is 0. The fraction of sp³-hybridized carbons (Fsp3) is 0.900. The molecular formula is C20H27F5OS. The van der Waals surface area contributed by atoms with Gasteiger partial charge in [-0.2, -0.15) is 0 Å². The molecule has 0 aromatic heterocycles. The van der Waals surface area contributed by atoms with Crippen LogP contribution < -0.4 is 0 Å². The van der Waals surface area contributed by atoms with Gasteiger partial charge in [-0.05, 0) is 62.7 Å². The van der Waals surface area contributed by atoms with Crippen molar-refractivity contribution in [3.8, 4) is 0 Å². The minimum absolute atomic E-state index is 0.0253. The van der Waals surface area contributed by atoms with Crippen molar-refractivity contribution >= 4 is 11.8 Å². The maximum Gasteiger partial charge on any atom is 0.522 e. The summed E-state index contributed by atoms with van der Waals surface area (Å²) in [5.41, 5.74) is 1.21. The molecule has 0 N–H and O–H groups in total. The summed E-state index contributed by atoms with van der Waals surface area (Å²) in [6.45, 7) is 2.20. The van der Waals surface area contributed by atoms with E-state index in [1.807, 2.05) is 0 Å². The number of alkyl halides is 5. The summed E-state index contributed by atoms with van der Waals surface area (Å²) in [7, 11) is 0. The molecule has 4 aliphatic rings. The van der Waals surface area contributed by atoms with E-state index in [0.717, 1.165) is 32.1 Å². The first-order chi connectivity index (χ1) is 12.7. The van der Waals surface area contributed by atoms with E-state index in [1.54, 1.807) is 0 Å². The van der Waals surface area contributed by atoms with Gasteiger partial charge in [0.15, 0.2) is 0 Å². The highest BCUT2D eigenvalue weighted by atomic mass is 32.2. The molecule has 154 valence electrons. The van der Waals surface area contributed by atoms with Gasteiger partial charge in [0.1, 0.15) is 12.3 Å². The smallest absolute Gasteiger partial charge is 0.285 e. The van der Waals surface area contributed by atoms with Crippen LogP contribution >= 0.6 is 11.8 Å². The van der Waals surface area contributed by atoms with Gasteiger partial charge in [0.2, 0.25) is 0 Å². The van der Waals surface area contributed by atoms with Gasteiger partial charge in [0.25, 0.3) is 0 Å². The van der Waals surface area contributed by atoms with E-state index in [0.29, 0.717) is 12.3 Å². The zero-order valence-electron chi connectivity index (χ0n) is 15.4. The fourth-order valence-corrected chi connectivity index (χ4v) is 7.85. The molecule has 0 aromatic carbocycles. The first kappa shape index (κ1) is 20.0. The molecule has 1 aliphatic heterocycles. The van der Waals surface area contributed by atoms with E-state index < -0.39 is 30.1 Å². The number of rotatable bonds is 2. The molecule has 1 saturated heterocycles. The van der Waals surface area contributed by atoms with Crippen LogP contribution in [0.1, 0.15) is 51.9 Å². The van der Waals surface area contributed by atoms with Crippen molar-refractivity contribution in [2.24, 2.45) is 23.7 Å². The first-order valence-corrected chi connectivity index (χ1v) is 11.1. The average molecular weight is 410 g/mol. The second-order valence-corrected chi connectivity index (χ2v) is 10.2. The van der Waals surface area contributed by atoms with Gasteiger partial charge in [-0.1, -0.05) is 18.6 Å². The zero-order valence-corrected chi connectivity index (χ0v) is 16.2. The van der Waals surface area contributed by atoms with Crippen LogP contribution in [0.2, 0.25) is 0 Å². The zero-order chi connectivity index (χ0) is 19.3. The first-order valence-electron chi connectivity index (χ1n) is 10.1. The highest BCUT2D eigenvalue weighted by Gasteiger charge is 2.57. The molecule has 3 aliphatic carbocycles. The monoisotopic (exact) mass is 410 g/mol. The van der Waals surface area contributed by atoms with E-state index in [1.165, 1.54) is 17.3 Å². The number of thioether (sulfide) groups is 1. The lowest BCUT2D eigenvalue weighted by atomic mass is 9.67. The van der Waals surface area contributed by atoms with Crippen molar-refractivity contribution in [3.63, 3.8) is 0 Å². The molecule has 9 atom stereocenters. The highest BCUT2D eigenvalue weighted by molar-refractivity contribution is 8.00. The topological polar surface area (TPSA) is 9.23 Å². The molecule has 0 spiro atoms. The van der Waals surface area contributed by atoms with Crippen LogP contribution in [0.5, 0.6) is 0 Å². The Balaban J connectivity index is 1.46. The minimum atomic E-state index is -4.82.